The van der Waals surface area contributed by atoms with Crippen LogP contribution in [0.1, 0.15) is 25.3 Å². The minimum absolute atomic E-state index is 0.109. The summed E-state index contributed by atoms with van der Waals surface area (Å²) in [5.41, 5.74) is -0.0169. The van der Waals surface area contributed by atoms with Crippen molar-refractivity contribution in [2.24, 2.45) is 7.05 Å². The number of anilines is 1. The van der Waals surface area contributed by atoms with Crippen molar-refractivity contribution >= 4 is 17.6 Å². The SMILES string of the molecule is CCSc1ccc(NC2CC2)nc1-c1nnc(-c2cc(C(F)(F)F)ccn2)n1C. The van der Waals surface area contributed by atoms with Gasteiger partial charge in [0.2, 0.25) is 0 Å². The van der Waals surface area contributed by atoms with E-state index in [2.05, 4.69) is 20.5 Å². The van der Waals surface area contributed by atoms with Crippen molar-refractivity contribution < 1.29 is 13.2 Å². The van der Waals surface area contributed by atoms with Crippen molar-refractivity contribution in [1.29, 1.82) is 0 Å². The number of halogens is 3. The smallest absolute Gasteiger partial charge is 0.367 e. The number of aromatic nitrogens is 5. The van der Waals surface area contributed by atoms with Crippen LogP contribution in [0.4, 0.5) is 19.0 Å². The lowest BCUT2D eigenvalue weighted by molar-refractivity contribution is -0.137. The van der Waals surface area contributed by atoms with Gasteiger partial charge in [-0.3, -0.25) is 4.98 Å². The number of thioether (sulfide) groups is 1. The number of hydrogen-bond acceptors (Lipinski definition) is 6. The molecule has 1 aliphatic carbocycles. The highest BCUT2D eigenvalue weighted by molar-refractivity contribution is 7.99. The molecule has 0 radical (unpaired) electrons. The molecule has 3 aromatic heterocycles. The largest absolute Gasteiger partial charge is 0.416 e. The first-order chi connectivity index (χ1) is 13.9. The molecule has 0 amide bonds. The highest BCUT2D eigenvalue weighted by Gasteiger charge is 2.31. The van der Waals surface area contributed by atoms with Crippen molar-refractivity contribution in [3.05, 3.63) is 36.0 Å². The van der Waals surface area contributed by atoms with E-state index in [1.807, 2.05) is 19.1 Å². The van der Waals surface area contributed by atoms with Crippen LogP contribution in [-0.4, -0.2) is 36.5 Å². The van der Waals surface area contributed by atoms with E-state index in [9.17, 15) is 13.2 Å². The van der Waals surface area contributed by atoms with E-state index < -0.39 is 11.7 Å². The molecule has 0 aliphatic heterocycles. The number of alkyl halides is 3. The molecule has 0 spiro atoms. The molecule has 0 bridgehead atoms. The normalized spacial score (nSPS) is 14.2. The molecule has 0 saturated heterocycles. The zero-order valence-electron chi connectivity index (χ0n) is 15.9. The first-order valence-electron chi connectivity index (χ1n) is 9.20. The van der Waals surface area contributed by atoms with Gasteiger partial charge in [0.25, 0.3) is 0 Å². The fourth-order valence-electron chi connectivity index (χ4n) is 2.88. The van der Waals surface area contributed by atoms with Crippen molar-refractivity contribution in [3.8, 4) is 23.0 Å². The summed E-state index contributed by atoms with van der Waals surface area (Å²) in [6.07, 6.45) is -1.08. The Bertz CT molecular complexity index is 1030. The Morgan fingerprint density at radius 3 is 2.62 bits per heavy atom. The van der Waals surface area contributed by atoms with E-state index in [0.29, 0.717) is 17.6 Å². The van der Waals surface area contributed by atoms with Crippen molar-refractivity contribution in [1.82, 2.24) is 24.7 Å². The summed E-state index contributed by atoms with van der Waals surface area (Å²) in [6, 6.07) is 6.28. The standard InChI is InChI=1S/C19H19F3N6S/c1-3-29-14-6-7-15(24-12-4-5-12)25-16(14)18-27-26-17(28(18)2)13-10-11(8-9-23-13)19(20,21)22/h6-10,12H,3-5H2,1-2H3,(H,24,25). The molecule has 0 atom stereocenters. The monoisotopic (exact) mass is 420 g/mol. The van der Waals surface area contributed by atoms with Crippen molar-refractivity contribution in [2.75, 3.05) is 11.1 Å². The highest BCUT2D eigenvalue weighted by Crippen LogP contribution is 2.34. The Balaban J connectivity index is 1.75. The number of nitrogens with one attached hydrogen (secondary N) is 1. The van der Waals surface area contributed by atoms with E-state index in [1.54, 1.807) is 23.4 Å². The van der Waals surface area contributed by atoms with Crippen LogP contribution in [0.3, 0.4) is 0 Å². The quantitative estimate of drug-likeness (QED) is 0.586. The predicted octanol–water partition coefficient (Wildman–Crippen LogP) is 4.64. The summed E-state index contributed by atoms with van der Waals surface area (Å²) in [4.78, 5) is 9.70. The summed E-state index contributed by atoms with van der Waals surface area (Å²) in [6.45, 7) is 2.04. The summed E-state index contributed by atoms with van der Waals surface area (Å²) < 4.78 is 40.8. The fourth-order valence-corrected chi connectivity index (χ4v) is 3.63. The van der Waals surface area contributed by atoms with E-state index in [4.69, 9.17) is 4.98 Å². The van der Waals surface area contributed by atoms with Gasteiger partial charge in [0.1, 0.15) is 17.2 Å². The van der Waals surface area contributed by atoms with E-state index >= 15 is 0 Å². The zero-order valence-corrected chi connectivity index (χ0v) is 16.7. The van der Waals surface area contributed by atoms with Gasteiger partial charge in [-0.05, 0) is 42.9 Å². The molecule has 4 rings (SSSR count). The Morgan fingerprint density at radius 2 is 1.93 bits per heavy atom. The van der Waals surface area contributed by atoms with Gasteiger partial charge in [0, 0.05) is 24.2 Å². The third-order valence-corrected chi connectivity index (χ3v) is 5.42. The Labute approximate surface area is 170 Å². The van der Waals surface area contributed by atoms with Crippen LogP contribution in [0.2, 0.25) is 0 Å². The Morgan fingerprint density at radius 1 is 1.17 bits per heavy atom. The van der Waals surface area contributed by atoms with Crippen LogP contribution in [0.15, 0.2) is 35.4 Å². The average molecular weight is 420 g/mol. The minimum Gasteiger partial charge on any atom is -0.367 e. The van der Waals surface area contributed by atoms with Crippen LogP contribution < -0.4 is 5.32 Å². The van der Waals surface area contributed by atoms with Crippen LogP contribution in [0.25, 0.3) is 23.0 Å². The molecule has 3 heterocycles. The van der Waals surface area contributed by atoms with Gasteiger partial charge in [-0.1, -0.05) is 6.92 Å². The van der Waals surface area contributed by atoms with Crippen molar-refractivity contribution in [3.63, 3.8) is 0 Å². The third-order valence-electron chi connectivity index (χ3n) is 4.49. The maximum Gasteiger partial charge on any atom is 0.416 e. The molecule has 1 aliphatic rings. The first-order valence-corrected chi connectivity index (χ1v) is 10.2. The number of rotatable bonds is 6. The van der Waals surface area contributed by atoms with Gasteiger partial charge in [-0.2, -0.15) is 13.2 Å². The first kappa shape index (κ1) is 19.7. The number of hydrogen-bond donors (Lipinski definition) is 1. The molecular weight excluding hydrogens is 401 g/mol. The topological polar surface area (TPSA) is 68.5 Å². The molecular formula is C19H19F3N6S. The van der Waals surface area contributed by atoms with Gasteiger partial charge >= 0.3 is 6.18 Å². The maximum atomic E-state index is 13.1. The van der Waals surface area contributed by atoms with Gasteiger partial charge < -0.3 is 9.88 Å². The summed E-state index contributed by atoms with van der Waals surface area (Å²) in [7, 11) is 1.70. The molecule has 10 heteroatoms. The second-order valence-electron chi connectivity index (χ2n) is 6.73. The van der Waals surface area contributed by atoms with Gasteiger partial charge in [0.05, 0.1) is 5.56 Å². The molecule has 3 aromatic rings. The molecule has 0 unspecified atom stereocenters. The van der Waals surface area contributed by atoms with Gasteiger partial charge in [-0.15, -0.1) is 22.0 Å². The van der Waals surface area contributed by atoms with Crippen LogP contribution in [-0.2, 0) is 13.2 Å². The Kier molecular flexibility index (Phi) is 5.20. The molecule has 0 aromatic carbocycles. The summed E-state index contributed by atoms with van der Waals surface area (Å²) >= 11 is 1.62. The highest BCUT2D eigenvalue weighted by atomic mass is 32.2. The average Bonchev–Trinajstić information content (AvgIpc) is 3.42. The number of pyridine rings is 2. The Hall–Kier alpha value is -2.62. The maximum absolute atomic E-state index is 13.1. The molecule has 1 N–H and O–H groups in total. The molecule has 152 valence electrons. The van der Waals surface area contributed by atoms with Gasteiger partial charge in [0.15, 0.2) is 11.6 Å². The molecule has 1 fully saturated rings. The molecule has 1 saturated carbocycles. The van der Waals surface area contributed by atoms with Crippen LogP contribution in [0, 0.1) is 0 Å². The van der Waals surface area contributed by atoms with Gasteiger partial charge in [-0.25, -0.2) is 4.98 Å². The van der Waals surface area contributed by atoms with Crippen LogP contribution >= 0.6 is 11.8 Å². The lowest BCUT2D eigenvalue weighted by Crippen LogP contribution is -2.07. The van der Waals surface area contributed by atoms with E-state index in [-0.39, 0.29) is 11.5 Å². The lowest BCUT2D eigenvalue weighted by atomic mass is 10.2. The second-order valence-corrected chi connectivity index (χ2v) is 8.03. The van der Waals surface area contributed by atoms with E-state index in [0.717, 1.165) is 47.6 Å². The number of nitrogens with zero attached hydrogens (tertiary/aromatic N) is 5. The summed E-state index contributed by atoms with van der Waals surface area (Å²) in [5, 5.41) is 11.7. The van der Waals surface area contributed by atoms with E-state index in [1.165, 1.54) is 0 Å². The zero-order chi connectivity index (χ0) is 20.6. The van der Waals surface area contributed by atoms with Crippen molar-refractivity contribution in [2.45, 2.75) is 36.9 Å². The third kappa shape index (κ3) is 4.21. The fraction of sp³-hybridized carbons (Fsp3) is 0.368. The molecule has 6 nitrogen and oxygen atoms in total. The van der Waals surface area contributed by atoms with Crippen LogP contribution in [0.5, 0.6) is 0 Å². The second kappa shape index (κ2) is 7.66. The minimum atomic E-state index is -4.45. The summed E-state index contributed by atoms with van der Waals surface area (Å²) in [5.74, 6) is 2.34. The predicted molar refractivity (Wildman–Crippen MR) is 106 cm³/mol. The molecule has 29 heavy (non-hydrogen) atoms. The lowest BCUT2D eigenvalue weighted by Gasteiger charge is -2.11.